The summed E-state index contributed by atoms with van der Waals surface area (Å²) in [5.74, 6) is 1.95. The van der Waals surface area contributed by atoms with Crippen molar-refractivity contribution >= 4 is 31.8 Å². The first-order chi connectivity index (χ1) is 16.2. The van der Waals surface area contributed by atoms with Crippen LogP contribution >= 0.6 is 11.3 Å². The van der Waals surface area contributed by atoms with Crippen LogP contribution in [0.15, 0.2) is 46.1 Å². The van der Waals surface area contributed by atoms with Crippen molar-refractivity contribution < 1.29 is 4.74 Å². The molecule has 7 nitrogen and oxygen atoms in total. The molecule has 6 rings (SSSR count). The van der Waals surface area contributed by atoms with Gasteiger partial charge >= 0.3 is 5.69 Å². The molecule has 2 aliphatic rings. The Balaban J connectivity index is 1.31. The molecule has 1 saturated heterocycles. The van der Waals surface area contributed by atoms with Crippen LogP contribution in [0.1, 0.15) is 36.8 Å². The molecule has 8 heteroatoms. The molecule has 33 heavy (non-hydrogen) atoms. The van der Waals surface area contributed by atoms with Crippen molar-refractivity contribution in [3.05, 3.63) is 68.5 Å². The lowest BCUT2D eigenvalue weighted by atomic mass is 9.73. The quantitative estimate of drug-likeness (QED) is 0.475. The average Bonchev–Trinajstić information content (AvgIpc) is 3.41. The fraction of sp³-hybridized carbons (Fsp3) is 0.400. The van der Waals surface area contributed by atoms with Crippen molar-refractivity contribution in [1.82, 2.24) is 19.9 Å². The van der Waals surface area contributed by atoms with Crippen LogP contribution in [0.3, 0.4) is 0 Å². The summed E-state index contributed by atoms with van der Waals surface area (Å²) in [6.07, 6.45) is 4.57. The number of fused-ring (bicyclic) bond motifs is 6. The zero-order valence-corrected chi connectivity index (χ0v) is 19.3. The van der Waals surface area contributed by atoms with E-state index in [1.807, 2.05) is 19.1 Å². The van der Waals surface area contributed by atoms with Gasteiger partial charge in [-0.15, -0.1) is 11.3 Å². The lowest BCUT2D eigenvalue weighted by Crippen LogP contribution is -2.37. The highest BCUT2D eigenvalue weighted by molar-refractivity contribution is 7.25. The number of H-pyrrole nitrogens is 1. The molecule has 1 fully saturated rings. The highest BCUT2D eigenvalue weighted by atomic mass is 32.1. The Kier molecular flexibility index (Phi) is 5.07. The zero-order valence-electron chi connectivity index (χ0n) is 18.5. The van der Waals surface area contributed by atoms with Gasteiger partial charge < -0.3 is 15.0 Å². The van der Waals surface area contributed by atoms with Gasteiger partial charge in [0.25, 0.3) is 5.56 Å². The van der Waals surface area contributed by atoms with E-state index in [2.05, 4.69) is 33.5 Å². The van der Waals surface area contributed by atoms with Crippen LogP contribution in [0.2, 0.25) is 0 Å². The van der Waals surface area contributed by atoms with Crippen molar-refractivity contribution in [2.75, 3.05) is 13.2 Å². The summed E-state index contributed by atoms with van der Waals surface area (Å²) >= 11 is 1.39. The summed E-state index contributed by atoms with van der Waals surface area (Å²) in [4.78, 5) is 33.3. The Morgan fingerprint density at radius 1 is 1.24 bits per heavy atom. The van der Waals surface area contributed by atoms with Gasteiger partial charge in [-0.3, -0.25) is 14.3 Å². The molecular weight excluding hydrogens is 436 g/mol. The van der Waals surface area contributed by atoms with E-state index in [4.69, 9.17) is 4.74 Å². The summed E-state index contributed by atoms with van der Waals surface area (Å²) in [6, 6.07) is 10.4. The van der Waals surface area contributed by atoms with Gasteiger partial charge in [0.15, 0.2) is 0 Å². The lowest BCUT2D eigenvalue weighted by molar-refractivity contribution is 0.326. The second kappa shape index (κ2) is 8.11. The summed E-state index contributed by atoms with van der Waals surface area (Å²) < 4.78 is 8.72. The Hall–Kier alpha value is -2.97. The first-order valence-corrected chi connectivity index (χ1v) is 12.5. The van der Waals surface area contributed by atoms with Crippen molar-refractivity contribution in [1.29, 1.82) is 0 Å². The minimum Gasteiger partial charge on any atom is -0.494 e. The third kappa shape index (κ3) is 3.31. The Morgan fingerprint density at radius 2 is 2.15 bits per heavy atom. The Bertz CT molecular complexity index is 1470. The minimum absolute atomic E-state index is 0.219. The van der Waals surface area contributed by atoms with Crippen LogP contribution < -0.4 is 21.3 Å². The van der Waals surface area contributed by atoms with Gasteiger partial charge in [0.05, 0.1) is 16.8 Å². The van der Waals surface area contributed by atoms with E-state index < -0.39 is 0 Å². The van der Waals surface area contributed by atoms with E-state index >= 15 is 0 Å². The SMILES string of the molecule is CCOc1cccc2c1CC[C@H]1CNC(CCn3c(=O)[nH]c4c(sc5cccnc54)c3=O)[C@@H]21. The number of hydrogen-bond donors (Lipinski definition) is 2. The maximum atomic E-state index is 13.2. The topological polar surface area (TPSA) is 89.0 Å². The van der Waals surface area contributed by atoms with Gasteiger partial charge in [0, 0.05) is 24.7 Å². The van der Waals surface area contributed by atoms with Crippen LogP contribution in [0.25, 0.3) is 20.4 Å². The molecule has 4 heterocycles. The second-order valence-electron chi connectivity index (χ2n) is 8.93. The fourth-order valence-electron chi connectivity index (χ4n) is 5.76. The Morgan fingerprint density at radius 3 is 3.03 bits per heavy atom. The van der Waals surface area contributed by atoms with E-state index in [9.17, 15) is 9.59 Å². The number of nitrogens with one attached hydrogen (secondary N) is 2. The molecule has 1 aromatic carbocycles. The van der Waals surface area contributed by atoms with Gasteiger partial charge in [-0.1, -0.05) is 12.1 Å². The molecule has 0 spiro atoms. The predicted octanol–water partition coefficient (Wildman–Crippen LogP) is 3.41. The first-order valence-electron chi connectivity index (χ1n) is 11.6. The molecule has 2 N–H and O–H groups in total. The number of hydrogen-bond acceptors (Lipinski definition) is 6. The number of ether oxygens (including phenoxy) is 1. The van der Waals surface area contributed by atoms with Crippen molar-refractivity contribution in [3.8, 4) is 5.75 Å². The number of nitrogens with zero attached hydrogens (tertiary/aromatic N) is 2. The summed E-state index contributed by atoms with van der Waals surface area (Å²) in [5.41, 5.74) is 3.32. The third-order valence-corrected chi connectivity index (χ3v) is 8.34. The van der Waals surface area contributed by atoms with Gasteiger partial charge in [0.1, 0.15) is 16.0 Å². The largest absolute Gasteiger partial charge is 0.494 e. The van der Waals surface area contributed by atoms with Crippen LogP contribution in [0.5, 0.6) is 5.75 Å². The molecule has 1 aliphatic carbocycles. The molecule has 4 aromatic rings. The second-order valence-corrected chi connectivity index (χ2v) is 9.98. The van der Waals surface area contributed by atoms with E-state index in [0.29, 0.717) is 40.7 Å². The number of thiophene rings is 1. The summed E-state index contributed by atoms with van der Waals surface area (Å²) in [7, 11) is 0. The lowest BCUT2D eigenvalue weighted by Gasteiger charge is -2.32. The predicted molar refractivity (Wildman–Crippen MR) is 131 cm³/mol. The first kappa shape index (κ1) is 20.6. The van der Waals surface area contributed by atoms with E-state index in [0.717, 1.165) is 36.3 Å². The fourth-order valence-corrected chi connectivity index (χ4v) is 6.82. The molecule has 1 unspecified atom stereocenters. The summed E-state index contributed by atoms with van der Waals surface area (Å²) in [6.45, 7) is 4.03. The molecular formula is C25H26N4O3S. The molecule has 0 radical (unpaired) electrons. The normalized spacial score (nSPS) is 21.9. The Labute approximate surface area is 194 Å². The van der Waals surface area contributed by atoms with E-state index in [1.165, 1.54) is 27.0 Å². The van der Waals surface area contributed by atoms with Gasteiger partial charge in [-0.25, -0.2) is 4.79 Å². The van der Waals surface area contributed by atoms with Gasteiger partial charge in [0.2, 0.25) is 0 Å². The highest BCUT2D eigenvalue weighted by Gasteiger charge is 2.40. The number of benzene rings is 1. The van der Waals surface area contributed by atoms with Gasteiger partial charge in [-0.2, -0.15) is 0 Å². The number of pyridine rings is 1. The standard InChI is InChI=1S/C25H26N4O3S/c1-2-32-18-6-3-5-16-15(18)9-8-14-13-27-17(20(14)16)10-12-29-24(30)23-22(28-25(29)31)21-19(33-23)7-4-11-26-21/h3-7,11,14,17,20,27H,2,8-10,12-13H2,1H3,(H,28,31)/t14-,17?,20+/m0/s1. The average molecular weight is 463 g/mol. The third-order valence-electron chi connectivity index (χ3n) is 7.20. The van der Waals surface area contributed by atoms with Crippen LogP contribution in [0.4, 0.5) is 0 Å². The monoisotopic (exact) mass is 462 g/mol. The zero-order chi connectivity index (χ0) is 22.5. The molecule has 3 aromatic heterocycles. The minimum atomic E-state index is -0.366. The van der Waals surface area contributed by atoms with Crippen LogP contribution in [-0.2, 0) is 13.0 Å². The smallest absolute Gasteiger partial charge is 0.328 e. The van der Waals surface area contributed by atoms with Gasteiger partial charge in [-0.05, 0) is 68.0 Å². The molecule has 0 saturated carbocycles. The highest BCUT2D eigenvalue weighted by Crippen LogP contribution is 2.45. The van der Waals surface area contributed by atoms with E-state index in [-0.39, 0.29) is 17.3 Å². The van der Waals surface area contributed by atoms with Crippen LogP contribution in [-0.4, -0.2) is 33.7 Å². The molecule has 3 atom stereocenters. The van der Waals surface area contributed by atoms with Crippen molar-refractivity contribution in [3.63, 3.8) is 0 Å². The molecule has 0 bridgehead atoms. The van der Waals surface area contributed by atoms with Crippen molar-refractivity contribution in [2.24, 2.45) is 5.92 Å². The molecule has 1 aliphatic heterocycles. The molecule has 170 valence electrons. The maximum Gasteiger partial charge on any atom is 0.328 e. The number of aromatic nitrogens is 3. The number of aromatic amines is 1. The van der Waals surface area contributed by atoms with E-state index in [1.54, 1.807) is 6.20 Å². The molecule has 0 amide bonds. The number of rotatable bonds is 5. The summed E-state index contributed by atoms with van der Waals surface area (Å²) in [5, 5.41) is 3.68. The maximum absolute atomic E-state index is 13.2. The van der Waals surface area contributed by atoms with Crippen molar-refractivity contribution in [2.45, 2.75) is 44.7 Å². The van der Waals surface area contributed by atoms with Crippen LogP contribution in [0, 0.1) is 5.92 Å².